The van der Waals surface area contributed by atoms with Crippen LogP contribution in [0.25, 0.3) is 11.3 Å². The van der Waals surface area contributed by atoms with E-state index < -0.39 is 0 Å². The van der Waals surface area contributed by atoms with E-state index in [1.165, 1.54) is 36.8 Å². The van der Waals surface area contributed by atoms with Crippen molar-refractivity contribution >= 4 is 0 Å². The standard InChI is InChI=1S/C24H31N3O/c1-26-12-14-27(15-13-26)16-17-28-22-10-9-20(21-4-2-3-11-25-21)23-18-5-7-19(8-6-18)24(22)23/h2-4,9-11,18-19H,5-8,12-17H2,1H3. The van der Waals surface area contributed by atoms with Crippen molar-refractivity contribution in [3.63, 3.8) is 0 Å². The van der Waals surface area contributed by atoms with Gasteiger partial charge in [-0.2, -0.15) is 0 Å². The first-order chi connectivity index (χ1) is 13.8. The van der Waals surface area contributed by atoms with E-state index in [0.29, 0.717) is 11.8 Å². The zero-order chi connectivity index (χ0) is 18.9. The largest absolute Gasteiger partial charge is 0.492 e. The molecule has 1 saturated carbocycles. The zero-order valence-electron chi connectivity index (χ0n) is 16.9. The number of fused-ring (bicyclic) bond motifs is 2. The highest BCUT2D eigenvalue weighted by Crippen LogP contribution is 2.54. The zero-order valence-corrected chi connectivity index (χ0v) is 16.9. The van der Waals surface area contributed by atoms with Crippen LogP contribution in [-0.4, -0.2) is 61.2 Å². The van der Waals surface area contributed by atoms with Gasteiger partial charge in [-0.1, -0.05) is 6.07 Å². The molecule has 28 heavy (non-hydrogen) atoms. The summed E-state index contributed by atoms with van der Waals surface area (Å²) in [5.74, 6) is 2.48. The van der Waals surface area contributed by atoms with Crippen molar-refractivity contribution in [1.82, 2.24) is 14.8 Å². The van der Waals surface area contributed by atoms with E-state index in [9.17, 15) is 0 Å². The van der Waals surface area contributed by atoms with Gasteiger partial charge in [0.05, 0.1) is 5.69 Å². The third-order valence-electron chi connectivity index (χ3n) is 6.99. The molecule has 2 aromatic rings. The molecule has 0 radical (unpaired) electrons. The Bertz CT molecular complexity index is 806. The van der Waals surface area contributed by atoms with Gasteiger partial charge < -0.3 is 9.64 Å². The molecule has 0 atom stereocenters. The molecule has 0 spiro atoms. The smallest absolute Gasteiger partial charge is 0.123 e. The fraction of sp³-hybridized carbons (Fsp3) is 0.542. The van der Waals surface area contributed by atoms with E-state index in [2.05, 4.69) is 46.1 Å². The quantitative estimate of drug-likeness (QED) is 0.783. The first-order valence-electron chi connectivity index (χ1n) is 10.9. The average molecular weight is 378 g/mol. The van der Waals surface area contributed by atoms with Crippen LogP contribution in [0.4, 0.5) is 0 Å². The molecular weight excluding hydrogens is 346 g/mol. The van der Waals surface area contributed by atoms with Crippen LogP contribution in [0.1, 0.15) is 48.6 Å². The van der Waals surface area contributed by atoms with Crippen molar-refractivity contribution in [2.45, 2.75) is 37.5 Å². The van der Waals surface area contributed by atoms with Crippen molar-refractivity contribution in [3.8, 4) is 17.0 Å². The second kappa shape index (κ2) is 7.84. The number of ether oxygens (including phenoxy) is 1. The lowest BCUT2D eigenvalue weighted by Crippen LogP contribution is -2.45. The van der Waals surface area contributed by atoms with Gasteiger partial charge in [0.1, 0.15) is 12.4 Å². The van der Waals surface area contributed by atoms with Crippen LogP contribution in [-0.2, 0) is 0 Å². The molecule has 1 aromatic carbocycles. The van der Waals surface area contributed by atoms with Gasteiger partial charge in [0.25, 0.3) is 0 Å². The molecule has 4 nitrogen and oxygen atoms in total. The number of hydrogen-bond acceptors (Lipinski definition) is 4. The van der Waals surface area contributed by atoms with Crippen LogP contribution in [0.15, 0.2) is 36.5 Å². The molecule has 148 valence electrons. The molecule has 2 heterocycles. The molecule has 3 aliphatic carbocycles. The first-order valence-corrected chi connectivity index (χ1v) is 10.9. The number of piperazine rings is 1. The summed E-state index contributed by atoms with van der Waals surface area (Å²) < 4.78 is 6.40. The fourth-order valence-electron chi connectivity index (χ4n) is 5.38. The topological polar surface area (TPSA) is 28.6 Å². The van der Waals surface area contributed by atoms with Crippen molar-refractivity contribution < 1.29 is 4.74 Å². The Balaban J connectivity index is 1.38. The van der Waals surface area contributed by atoms with Gasteiger partial charge in [0.15, 0.2) is 0 Å². The van der Waals surface area contributed by atoms with Crippen LogP contribution in [0, 0.1) is 0 Å². The SMILES string of the molecule is CN1CCN(CCOc2ccc(-c3ccccn3)c3c2C2CCC3CC2)CC1. The number of rotatable bonds is 5. The van der Waals surface area contributed by atoms with E-state index in [1.807, 2.05) is 12.3 Å². The summed E-state index contributed by atoms with van der Waals surface area (Å²) >= 11 is 0. The van der Waals surface area contributed by atoms with Crippen LogP contribution in [0.2, 0.25) is 0 Å². The summed E-state index contributed by atoms with van der Waals surface area (Å²) in [5.41, 5.74) is 5.48. The van der Waals surface area contributed by atoms with Gasteiger partial charge in [-0.05, 0) is 74.4 Å². The summed E-state index contributed by atoms with van der Waals surface area (Å²) in [4.78, 5) is 9.58. The molecule has 0 unspecified atom stereocenters. The number of hydrogen-bond donors (Lipinski definition) is 0. The van der Waals surface area contributed by atoms with Crippen LogP contribution in [0.3, 0.4) is 0 Å². The predicted molar refractivity (Wildman–Crippen MR) is 113 cm³/mol. The van der Waals surface area contributed by atoms with Crippen LogP contribution < -0.4 is 4.74 Å². The fourth-order valence-corrected chi connectivity index (χ4v) is 5.38. The molecule has 4 aliphatic rings. The molecule has 0 N–H and O–H groups in total. The number of pyridine rings is 1. The van der Waals surface area contributed by atoms with E-state index in [0.717, 1.165) is 50.8 Å². The van der Waals surface area contributed by atoms with Crippen molar-refractivity contribution in [2.24, 2.45) is 0 Å². The van der Waals surface area contributed by atoms with Crippen molar-refractivity contribution in [3.05, 3.63) is 47.7 Å². The molecule has 2 fully saturated rings. The van der Waals surface area contributed by atoms with E-state index in [-0.39, 0.29) is 0 Å². The molecule has 6 rings (SSSR count). The Labute approximate surface area is 168 Å². The maximum absolute atomic E-state index is 6.40. The van der Waals surface area contributed by atoms with Crippen molar-refractivity contribution in [2.75, 3.05) is 46.4 Å². The summed E-state index contributed by atoms with van der Waals surface area (Å²) in [6.45, 7) is 6.45. The molecule has 1 saturated heterocycles. The number of aromatic nitrogens is 1. The minimum atomic E-state index is 0.669. The minimum absolute atomic E-state index is 0.669. The lowest BCUT2D eigenvalue weighted by Gasteiger charge is -2.40. The summed E-state index contributed by atoms with van der Waals surface area (Å²) in [6.07, 6.45) is 7.18. The molecule has 4 heteroatoms. The third kappa shape index (κ3) is 3.44. The molecule has 1 aromatic heterocycles. The third-order valence-corrected chi connectivity index (χ3v) is 6.99. The predicted octanol–water partition coefficient (Wildman–Crippen LogP) is 4.13. The number of likely N-dealkylation sites (N-methyl/N-ethyl adjacent to an activating group) is 1. The van der Waals surface area contributed by atoms with Gasteiger partial charge in [-0.25, -0.2) is 0 Å². The summed E-state index contributed by atoms with van der Waals surface area (Å²) in [6, 6.07) is 10.7. The minimum Gasteiger partial charge on any atom is -0.492 e. The van der Waals surface area contributed by atoms with E-state index >= 15 is 0 Å². The van der Waals surface area contributed by atoms with Gasteiger partial charge in [-0.3, -0.25) is 9.88 Å². The monoisotopic (exact) mass is 377 g/mol. The Hall–Kier alpha value is -1.91. The maximum atomic E-state index is 6.40. The Kier molecular flexibility index (Phi) is 5.08. The van der Waals surface area contributed by atoms with Gasteiger partial charge in [0.2, 0.25) is 0 Å². The highest BCUT2D eigenvalue weighted by Gasteiger charge is 2.37. The van der Waals surface area contributed by atoms with Crippen LogP contribution >= 0.6 is 0 Å². The second-order valence-electron chi connectivity index (χ2n) is 8.70. The summed E-state index contributed by atoms with van der Waals surface area (Å²) in [5, 5.41) is 0. The van der Waals surface area contributed by atoms with Crippen LogP contribution in [0.5, 0.6) is 5.75 Å². The van der Waals surface area contributed by atoms with Crippen molar-refractivity contribution in [1.29, 1.82) is 0 Å². The van der Waals surface area contributed by atoms with E-state index in [1.54, 1.807) is 5.56 Å². The average Bonchev–Trinajstić information content (AvgIpc) is 2.76. The molecule has 1 aliphatic heterocycles. The molecular formula is C24H31N3O. The van der Waals surface area contributed by atoms with E-state index in [4.69, 9.17) is 4.74 Å². The first kappa shape index (κ1) is 18.1. The molecule has 2 bridgehead atoms. The number of nitrogens with zero attached hydrogens (tertiary/aromatic N) is 3. The van der Waals surface area contributed by atoms with Gasteiger partial charge >= 0.3 is 0 Å². The molecule has 0 amide bonds. The summed E-state index contributed by atoms with van der Waals surface area (Å²) in [7, 11) is 2.21. The Morgan fingerprint density at radius 2 is 1.68 bits per heavy atom. The lowest BCUT2D eigenvalue weighted by atomic mass is 9.65. The maximum Gasteiger partial charge on any atom is 0.123 e. The highest BCUT2D eigenvalue weighted by atomic mass is 16.5. The Morgan fingerprint density at radius 3 is 2.39 bits per heavy atom. The van der Waals surface area contributed by atoms with Gasteiger partial charge in [-0.15, -0.1) is 0 Å². The normalized spacial score (nSPS) is 24.9. The second-order valence-corrected chi connectivity index (χ2v) is 8.70. The lowest BCUT2D eigenvalue weighted by molar-refractivity contribution is 0.133. The van der Waals surface area contributed by atoms with Gasteiger partial charge in [0, 0.05) is 50.0 Å². The number of benzene rings is 1. The Morgan fingerprint density at radius 1 is 0.929 bits per heavy atom. The highest BCUT2D eigenvalue weighted by molar-refractivity contribution is 5.70.